The van der Waals surface area contributed by atoms with E-state index in [9.17, 15) is 4.79 Å². The number of carbonyl (C=O) groups excluding carboxylic acids is 1. The Labute approximate surface area is 79.7 Å². The molecule has 0 unspecified atom stereocenters. The molecule has 1 heterocycles. The number of likely N-dealkylation sites (N-methyl/N-ethyl adjacent to an activating group) is 1. The Morgan fingerprint density at radius 1 is 1.54 bits per heavy atom. The van der Waals surface area contributed by atoms with Crippen LogP contribution in [0.15, 0.2) is 0 Å². The van der Waals surface area contributed by atoms with E-state index < -0.39 is 0 Å². The number of likely N-dealkylation sites (tertiary alicyclic amines) is 1. The van der Waals surface area contributed by atoms with E-state index in [0.29, 0.717) is 13.1 Å². The first-order chi connectivity index (χ1) is 6.24. The second-order valence-electron chi connectivity index (χ2n) is 3.61. The Morgan fingerprint density at radius 3 is 2.69 bits per heavy atom. The van der Waals surface area contributed by atoms with Crippen LogP contribution in [-0.2, 0) is 4.79 Å². The lowest BCUT2D eigenvalue weighted by Gasteiger charge is -2.32. The van der Waals surface area contributed by atoms with E-state index in [-0.39, 0.29) is 5.91 Å². The minimum Gasteiger partial charge on any atom is -0.341 e. The molecule has 0 aromatic rings. The Hall–Kier alpha value is -0.610. The zero-order valence-electron chi connectivity index (χ0n) is 8.33. The van der Waals surface area contributed by atoms with Crippen LogP contribution in [0, 0.1) is 0 Å². The van der Waals surface area contributed by atoms with Crippen molar-refractivity contribution in [3.63, 3.8) is 0 Å². The van der Waals surface area contributed by atoms with E-state index in [2.05, 4.69) is 0 Å². The van der Waals surface area contributed by atoms with Crippen LogP contribution in [0.25, 0.3) is 0 Å². The van der Waals surface area contributed by atoms with E-state index in [1.807, 2.05) is 16.8 Å². The summed E-state index contributed by atoms with van der Waals surface area (Å²) in [6.07, 6.45) is 2.13. The molecule has 0 atom stereocenters. The summed E-state index contributed by atoms with van der Waals surface area (Å²) in [7, 11) is 1.97. The summed E-state index contributed by atoms with van der Waals surface area (Å²) < 4.78 is 0. The molecule has 13 heavy (non-hydrogen) atoms. The van der Waals surface area contributed by atoms with Crippen molar-refractivity contribution in [3.05, 3.63) is 0 Å². The van der Waals surface area contributed by atoms with Gasteiger partial charge in [0.2, 0.25) is 5.91 Å². The zero-order valence-corrected chi connectivity index (χ0v) is 8.33. The fourth-order valence-electron chi connectivity index (χ4n) is 1.34. The quantitative estimate of drug-likeness (QED) is 0.628. The van der Waals surface area contributed by atoms with Crippen LogP contribution >= 0.6 is 0 Å². The highest BCUT2D eigenvalue weighted by Crippen LogP contribution is 2.05. The average Bonchev–Trinajstić information content (AvgIpc) is 1.97. The van der Waals surface area contributed by atoms with Crippen molar-refractivity contribution in [3.8, 4) is 0 Å². The van der Waals surface area contributed by atoms with Gasteiger partial charge in [-0.2, -0.15) is 0 Å². The lowest BCUT2D eigenvalue weighted by molar-refractivity contribution is -0.135. The third kappa shape index (κ3) is 3.32. The SMILES string of the molecule is CN(CCCN)CC(=O)N1CCC1. The molecular formula is C9H19N3O. The van der Waals surface area contributed by atoms with Crippen LogP contribution in [0.5, 0.6) is 0 Å². The highest BCUT2D eigenvalue weighted by molar-refractivity contribution is 5.78. The average molecular weight is 185 g/mol. The van der Waals surface area contributed by atoms with Crippen LogP contribution in [0.4, 0.5) is 0 Å². The highest BCUT2D eigenvalue weighted by atomic mass is 16.2. The molecule has 4 nitrogen and oxygen atoms in total. The van der Waals surface area contributed by atoms with Gasteiger partial charge in [-0.25, -0.2) is 0 Å². The molecule has 4 heteroatoms. The van der Waals surface area contributed by atoms with E-state index in [0.717, 1.165) is 32.5 Å². The number of amides is 1. The second-order valence-corrected chi connectivity index (χ2v) is 3.61. The molecule has 1 saturated heterocycles. The number of rotatable bonds is 5. The number of hydrogen-bond acceptors (Lipinski definition) is 3. The van der Waals surface area contributed by atoms with Gasteiger partial charge in [-0.05, 0) is 33.0 Å². The number of nitrogens with zero attached hydrogens (tertiary/aromatic N) is 2. The Kier molecular flexibility index (Phi) is 4.18. The van der Waals surface area contributed by atoms with Gasteiger partial charge in [0.1, 0.15) is 0 Å². The predicted octanol–water partition coefficient (Wildman–Crippen LogP) is -0.501. The minimum absolute atomic E-state index is 0.255. The number of hydrogen-bond donors (Lipinski definition) is 1. The van der Waals surface area contributed by atoms with Crippen molar-refractivity contribution in [2.75, 3.05) is 39.8 Å². The van der Waals surface area contributed by atoms with Gasteiger partial charge < -0.3 is 10.6 Å². The van der Waals surface area contributed by atoms with Gasteiger partial charge in [-0.1, -0.05) is 0 Å². The second kappa shape index (κ2) is 5.19. The molecule has 0 aromatic heterocycles. The van der Waals surface area contributed by atoms with Crippen molar-refractivity contribution in [1.82, 2.24) is 9.80 Å². The molecule has 1 aliphatic heterocycles. The first-order valence-electron chi connectivity index (χ1n) is 4.90. The molecule has 0 spiro atoms. The molecule has 0 aromatic carbocycles. The summed E-state index contributed by atoms with van der Waals surface area (Å²) in [5.74, 6) is 0.255. The summed E-state index contributed by atoms with van der Waals surface area (Å²) in [5, 5.41) is 0. The first kappa shape index (κ1) is 10.5. The van der Waals surface area contributed by atoms with Gasteiger partial charge in [0.15, 0.2) is 0 Å². The molecule has 0 aliphatic carbocycles. The van der Waals surface area contributed by atoms with Gasteiger partial charge in [0.25, 0.3) is 0 Å². The first-order valence-corrected chi connectivity index (χ1v) is 4.90. The van der Waals surface area contributed by atoms with Gasteiger partial charge in [0, 0.05) is 13.1 Å². The van der Waals surface area contributed by atoms with Crippen molar-refractivity contribution in [2.24, 2.45) is 5.73 Å². The molecule has 1 amide bonds. The summed E-state index contributed by atoms with van der Waals surface area (Å²) in [6.45, 7) is 4.05. The van der Waals surface area contributed by atoms with Crippen LogP contribution in [0.2, 0.25) is 0 Å². The van der Waals surface area contributed by atoms with Crippen LogP contribution in [0.1, 0.15) is 12.8 Å². The van der Waals surface area contributed by atoms with Crippen LogP contribution < -0.4 is 5.73 Å². The molecule has 1 rings (SSSR count). The topological polar surface area (TPSA) is 49.6 Å². The Morgan fingerprint density at radius 2 is 2.23 bits per heavy atom. The lowest BCUT2D eigenvalue weighted by Crippen LogP contribution is -2.46. The Balaban J connectivity index is 2.11. The molecule has 2 N–H and O–H groups in total. The number of nitrogens with two attached hydrogens (primary N) is 1. The molecule has 0 radical (unpaired) electrons. The van der Waals surface area contributed by atoms with E-state index in [1.165, 1.54) is 0 Å². The van der Waals surface area contributed by atoms with Gasteiger partial charge in [-0.3, -0.25) is 9.69 Å². The van der Waals surface area contributed by atoms with Gasteiger partial charge in [0.05, 0.1) is 6.54 Å². The largest absolute Gasteiger partial charge is 0.341 e. The molecule has 76 valence electrons. The van der Waals surface area contributed by atoms with Gasteiger partial charge >= 0.3 is 0 Å². The van der Waals surface area contributed by atoms with Crippen molar-refractivity contribution in [2.45, 2.75) is 12.8 Å². The van der Waals surface area contributed by atoms with Gasteiger partial charge in [-0.15, -0.1) is 0 Å². The predicted molar refractivity (Wildman–Crippen MR) is 52.4 cm³/mol. The maximum atomic E-state index is 11.5. The fraction of sp³-hybridized carbons (Fsp3) is 0.889. The monoisotopic (exact) mass is 185 g/mol. The zero-order chi connectivity index (χ0) is 9.68. The fourth-order valence-corrected chi connectivity index (χ4v) is 1.34. The van der Waals surface area contributed by atoms with Crippen molar-refractivity contribution in [1.29, 1.82) is 0 Å². The van der Waals surface area contributed by atoms with Crippen molar-refractivity contribution >= 4 is 5.91 Å². The molecular weight excluding hydrogens is 166 g/mol. The maximum absolute atomic E-state index is 11.5. The molecule has 1 fully saturated rings. The highest BCUT2D eigenvalue weighted by Gasteiger charge is 2.20. The smallest absolute Gasteiger partial charge is 0.236 e. The van der Waals surface area contributed by atoms with Crippen LogP contribution in [-0.4, -0.2) is 55.5 Å². The summed E-state index contributed by atoms with van der Waals surface area (Å²) in [4.78, 5) is 15.4. The number of carbonyl (C=O) groups is 1. The van der Waals surface area contributed by atoms with E-state index >= 15 is 0 Å². The minimum atomic E-state index is 0.255. The third-order valence-electron chi connectivity index (χ3n) is 2.36. The Bertz CT molecular complexity index is 168. The summed E-state index contributed by atoms with van der Waals surface area (Å²) in [5.41, 5.74) is 5.38. The standard InChI is InChI=1S/C9H19N3O/c1-11(5-2-4-10)8-9(13)12-6-3-7-12/h2-8,10H2,1H3. The maximum Gasteiger partial charge on any atom is 0.236 e. The summed E-state index contributed by atoms with van der Waals surface area (Å²) >= 11 is 0. The molecule has 0 bridgehead atoms. The molecule has 0 saturated carbocycles. The summed E-state index contributed by atoms with van der Waals surface area (Å²) in [6, 6.07) is 0. The molecule has 1 aliphatic rings. The van der Waals surface area contributed by atoms with Crippen molar-refractivity contribution < 1.29 is 4.79 Å². The van der Waals surface area contributed by atoms with E-state index in [1.54, 1.807) is 0 Å². The normalized spacial score (nSPS) is 16.1. The van der Waals surface area contributed by atoms with Crippen LogP contribution in [0.3, 0.4) is 0 Å². The van der Waals surface area contributed by atoms with E-state index in [4.69, 9.17) is 5.73 Å². The lowest BCUT2D eigenvalue weighted by atomic mass is 10.2. The third-order valence-corrected chi connectivity index (χ3v) is 2.36.